The number of amides is 3. The van der Waals surface area contributed by atoms with Crippen molar-refractivity contribution in [3.8, 4) is 0 Å². The Kier molecular flexibility index (Phi) is 13.3. The van der Waals surface area contributed by atoms with Gasteiger partial charge < -0.3 is 29.7 Å². The molecule has 0 aliphatic carbocycles. The fourth-order valence-electron chi connectivity index (χ4n) is 3.68. The Bertz CT molecular complexity index is 916. The molecule has 0 aromatic heterocycles. The molecule has 2 N–H and O–H groups in total. The van der Waals surface area contributed by atoms with E-state index in [4.69, 9.17) is 14.2 Å². The van der Waals surface area contributed by atoms with Crippen LogP contribution in [0.2, 0.25) is 0 Å². The van der Waals surface area contributed by atoms with Crippen molar-refractivity contribution in [1.29, 1.82) is 0 Å². The van der Waals surface area contributed by atoms with Gasteiger partial charge in [-0.3, -0.25) is 9.69 Å². The van der Waals surface area contributed by atoms with Gasteiger partial charge in [0.2, 0.25) is 5.91 Å². The third kappa shape index (κ3) is 13.9. The Hall–Kier alpha value is -3.24. The number of esters is 1. The number of allylic oxidation sites excluding steroid dienone is 2. The lowest BCUT2D eigenvalue weighted by molar-refractivity contribution is -0.145. The highest BCUT2D eigenvalue weighted by atomic mass is 16.6. The summed E-state index contributed by atoms with van der Waals surface area (Å²) in [6, 6.07) is -0.800. The van der Waals surface area contributed by atoms with Gasteiger partial charge in [-0.1, -0.05) is 6.08 Å². The van der Waals surface area contributed by atoms with E-state index in [0.717, 1.165) is 5.57 Å². The second-order valence-electron chi connectivity index (χ2n) is 11.6. The summed E-state index contributed by atoms with van der Waals surface area (Å²) in [5.74, 6) is -0.143. The van der Waals surface area contributed by atoms with Crippen LogP contribution in [0.5, 0.6) is 0 Å². The van der Waals surface area contributed by atoms with Crippen molar-refractivity contribution in [3.05, 3.63) is 23.5 Å². The molecule has 0 bridgehead atoms. The molecular weight excluding hydrogens is 504 g/mol. The maximum absolute atomic E-state index is 13.0. The van der Waals surface area contributed by atoms with Crippen LogP contribution >= 0.6 is 0 Å². The topological polar surface area (TPSA) is 127 Å². The molecule has 3 amide bonds. The van der Waals surface area contributed by atoms with E-state index in [-0.39, 0.29) is 18.9 Å². The number of nitrogens with one attached hydrogen (secondary N) is 2. The Morgan fingerprint density at radius 3 is 2.26 bits per heavy atom. The maximum Gasteiger partial charge on any atom is 0.415 e. The number of alkyl carbamates (subject to hydrolysis) is 1. The number of carbonyl (C=O) groups is 4. The minimum atomic E-state index is -0.800. The minimum absolute atomic E-state index is 0.110. The van der Waals surface area contributed by atoms with Gasteiger partial charge in [0, 0.05) is 33.1 Å². The molecule has 0 saturated heterocycles. The van der Waals surface area contributed by atoms with Gasteiger partial charge in [-0.2, -0.15) is 0 Å². The molecule has 39 heavy (non-hydrogen) atoms. The third-order valence-electron chi connectivity index (χ3n) is 5.52. The van der Waals surface area contributed by atoms with Crippen LogP contribution in [0.3, 0.4) is 0 Å². The van der Waals surface area contributed by atoms with E-state index < -0.39 is 35.4 Å². The van der Waals surface area contributed by atoms with Gasteiger partial charge in [-0.05, 0) is 85.8 Å². The molecule has 0 spiro atoms. The number of carbonyl (C=O) groups excluding carboxylic acids is 4. The van der Waals surface area contributed by atoms with Crippen LogP contribution in [0, 0.1) is 0 Å². The largest absolute Gasteiger partial charge is 0.467 e. The van der Waals surface area contributed by atoms with Gasteiger partial charge in [0.05, 0.1) is 7.11 Å². The smallest absolute Gasteiger partial charge is 0.415 e. The summed E-state index contributed by atoms with van der Waals surface area (Å²) in [4.78, 5) is 53.2. The van der Waals surface area contributed by atoms with Crippen LogP contribution < -0.4 is 10.6 Å². The maximum atomic E-state index is 13.0. The van der Waals surface area contributed by atoms with Crippen molar-refractivity contribution in [1.82, 2.24) is 20.4 Å². The first-order valence-electron chi connectivity index (χ1n) is 13.5. The third-order valence-corrected chi connectivity index (χ3v) is 5.52. The van der Waals surface area contributed by atoms with Crippen molar-refractivity contribution in [2.24, 2.45) is 0 Å². The van der Waals surface area contributed by atoms with Crippen molar-refractivity contribution in [3.63, 3.8) is 0 Å². The molecule has 1 aliphatic heterocycles. The molecule has 1 atom stereocenters. The molecule has 11 heteroatoms. The zero-order valence-corrected chi connectivity index (χ0v) is 25.1. The monoisotopic (exact) mass is 552 g/mol. The SMILES string of the molecule is COC(=O)[C@H](CCCCNC(=O)OC(C)(C)C)NC(=O)CCCN(C(=O)OC(C)(C)C)C1=CC(C)=CCN1C. The quantitative estimate of drug-likeness (QED) is 0.211. The fourth-order valence-corrected chi connectivity index (χ4v) is 3.68. The number of ether oxygens (including phenoxy) is 3. The number of unbranched alkanes of at least 4 members (excludes halogenated alkanes) is 1. The molecule has 1 heterocycles. The number of likely N-dealkylation sites (N-methyl/N-ethyl adjacent to an activating group) is 1. The van der Waals surface area contributed by atoms with Crippen molar-refractivity contribution in [2.75, 3.05) is 33.8 Å². The van der Waals surface area contributed by atoms with Gasteiger partial charge in [-0.25, -0.2) is 14.4 Å². The fraction of sp³-hybridized carbons (Fsp3) is 0.714. The predicted octanol–water partition coefficient (Wildman–Crippen LogP) is 4.09. The molecule has 0 radical (unpaired) electrons. The summed E-state index contributed by atoms with van der Waals surface area (Å²) >= 11 is 0. The Labute approximate surface area is 233 Å². The normalized spacial score (nSPS) is 14.4. The first-order chi connectivity index (χ1) is 18.0. The molecule has 0 saturated carbocycles. The van der Waals surface area contributed by atoms with Crippen molar-refractivity contribution in [2.45, 2.75) is 97.8 Å². The summed E-state index contributed by atoms with van der Waals surface area (Å²) in [5.41, 5.74) is -0.202. The summed E-state index contributed by atoms with van der Waals surface area (Å²) in [7, 11) is 3.16. The van der Waals surface area contributed by atoms with Gasteiger partial charge in [0.1, 0.15) is 23.1 Å². The average molecular weight is 553 g/mol. The van der Waals surface area contributed by atoms with Crippen LogP contribution in [0.1, 0.15) is 80.6 Å². The molecule has 0 unspecified atom stereocenters. The second kappa shape index (κ2) is 15.4. The number of rotatable bonds is 12. The summed E-state index contributed by atoms with van der Waals surface area (Å²) in [6.45, 7) is 14.1. The summed E-state index contributed by atoms with van der Waals surface area (Å²) in [5, 5.41) is 5.41. The van der Waals surface area contributed by atoms with E-state index in [1.807, 2.05) is 24.9 Å². The van der Waals surface area contributed by atoms with Gasteiger partial charge in [0.15, 0.2) is 0 Å². The van der Waals surface area contributed by atoms with E-state index in [1.54, 1.807) is 46.4 Å². The van der Waals surface area contributed by atoms with Crippen molar-refractivity contribution < 1.29 is 33.4 Å². The molecular formula is C28H48N4O7. The molecule has 0 aromatic rings. The van der Waals surface area contributed by atoms with Gasteiger partial charge in [-0.15, -0.1) is 0 Å². The number of methoxy groups -OCH3 is 1. The van der Waals surface area contributed by atoms with Crippen LogP contribution in [0.25, 0.3) is 0 Å². The van der Waals surface area contributed by atoms with Crippen LogP contribution in [-0.2, 0) is 23.8 Å². The van der Waals surface area contributed by atoms with Crippen LogP contribution in [-0.4, -0.2) is 84.9 Å². The second-order valence-corrected chi connectivity index (χ2v) is 11.6. The van der Waals surface area contributed by atoms with E-state index >= 15 is 0 Å². The number of nitrogens with zero attached hydrogens (tertiary/aromatic N) is 2. The zero-order valence-electron chi connectivity index (χ0n) is 25.1. The highest BCUT2D eigenvalue weighted by Gasteiger charge is 2.28. The Balaban J connectivity index is 2.65. The molecule has 1 rings (SSSR count). The van der Waals surface area contributed by atoms with Gasteiger partial charge >= 0.3 is 18.2 Å². The van der Waals surface area contributed by atoms with Crippen molar-refractivity contribution >= 4 is 24.1 Å². The average Bonchev–Trinajstić information content (AvgIpc) is 2.79. The first-order valence-corrected chi connectivity index (χ1v) is 13.5. The molecule has 222 valence electrons. The summed E-state index contributed by atoms with van der Waals surface area (Å²) < 4.78 is 15.7. The lowest BCUT2D eigenvalue weighted by Gasteiger charge is -2.35. The zero-order chi connectivity index (χ0) is 29.8. The highest BCUT2D eigenvalue weighted by molar-refractivity contribution is 5.84. The molecule has 1 aliphatic rings. The lowest BCUT2D eigenvalue weighted by Crippen LogP contribution is -2.43. The van der Waals surface area contributed by atoms with Gasteiger partial charge in [0.25, 0.3) is 0 Å². The minimum Gasteiger partial charge on any atom is -0.467 e. The lowest BCUT2D eigenvalue weighted by atomic mass is 10.1. The summed E-state index contributed by atoms with van der Waals surface area (Å²) in [6.07, 6.45) is 5.01. The predicted molar refractivity (Wildman–Crippen MR) is 149 cm³/mol. The van der Waals surface area contributed by atoms with E-state index in [9.17, 15) is 19.2 Å². The highest BCUT2D eigenvalue weighted by Crippen LogP contribution is 2.21. The molecule has 11 nitrogen and oxygen atoms in total. The molecule has 0 aromatic carbocycles. The van der Waals surface area contributed by atoms with E-state index in [2.05, 4.69) is 16.7 Å². The van der Waals surface area contributed by atoms with E-state index in [0.29, 0.717) is 44.6 Å². The van der Waals surface area contributed by atoms with E-state index in [1.165, 1.54) is 7.11 Å². The Morgan fingerprint density at radius 1 is 1.03 bits per heavy atom. The van der Waals surface area contributed by atoms with Crippen LogP contribution in [0.15, 0.2) is 23.5 Å². The van der Waals surface area contributed by atoms with Crippen LogP contribution in [0.4, 0.5) is 9.59 Å². The molecule has 0 fully saturated rings. The first kappa shape index (κ1) is 33.8. The standard InChI is InChI=1S/C28H48N4O7/c1-20-15-18-31(8)23(19-20)32(26(36)39-28(5,6)7)17-12-14-22(33)30-21(24(34)37-9)13-10-11-16-29-25(35)38-27(2,3)4/h15,19,21H,10-14,16-18H2,1-9H3,(H,29,35)(H,30,33)/t21-/m0/s1. The Morgan fingerprint density at radius 2 is 1.67 bits per heavy atom. The number of hydrogen-bond donors (Lipinski definition) is 2. The number of hydrogen-bond acceptors (Lipinski definition) is 8.